The van der Waals surface area contributed by atoms with Gasteiger partial charge in [0.15, 0.2) is 0 Å². The van der Waals surface area contributed by atoms with E-state index < -0.39 is 5.92 Å². The Morgan fingerprint density at radius 2 is 1.78 bits per heavy atom. The van der Waals surface area contributed by atoms with Gasteiger partial charge in [-0.25, -0.2) is 8.78 Å². The maximum atomic E-state index is 13.6. The summed E-state index contributed by atoms with van der Waals surface area (Å²) in [6.45, 7) is 8.87. The number of rotatable bonds is 1. The van der Waals surface area contributed by atoms with Crippen LogP contribution in [0.4, 0.5) is 8.78 Å². The molecule has 1 aromatic carbocycles. The van der Waals surface area contributed by atoms with Crippen molar-refractivity contribution in [3.8, 4) is 0 Å². The van der Waals surface area contributed by atoms with E-state index in [0.29, 0.717) is 0 Å². The molecule has 0 saturated heterocycles. The third-order valence-corrected chi connectivity index (χ3v) is 3.53. The summed E-state index contributed by atoms with van der Waals surface area (Å²) in [4.78, 5) is 0. The molecule has 0 spiro atoms. The number of nitrogens with one attached hydrogen (secondary N) is 1. The zero-order chi connectivity index (χ0) is 13.6. The summed E-state index contributed by atoms with van der Waals surface area (Å²) in [6.07, 6.45) is 0.836. The van der Waals surface area contributed by atoms with Crippen molar-refractivity contribution in [3.05, 3.63) is 34.4 Å². The Morgan fingerprint density at radius 1 is 1.11 bits per heavy atom. The zero-order valence-corrected chi connectivity index (χ0v) is 11.5. The maximum Gasteiger partial charge on any atom is 0.270 e. The number of benzene rings is 1. The normalized spacial score (nSPS) is 16.6. The molecule has 2 rings (SSSR count). The Morgan fingerprint density at radius 3 is 2.33 bits per heavy atom. The molecule has 1 nitrogen and oxygen atoms in total. The fourth-order valence-corrected chi connectivity index (χ4v) is 2.52. The zero-order valence-electron chi connectivity index (χ0n) is 11.5. The molecule has 0 fully saturated rings. The maximum absolute atomic E-state index is 13.6. The highest BCUT2D eigenvalue weighted by Crippen LogP contribution is 2.36. The second-order valence-corrected chi connectivity index (χ2v) is 6.23. The van der Waals surface area contributed by atoms with Crippen molar-refractivity contribution in [1.29, 1.82) is 0 Å². The second kappa shape index (κ2) is 4.30. The monoisotopic (exact) mass is 253 g/mol. The topological polar surface area (TPSA) is 12.0 Å². The molecular formula is C15H21F2N. The van der Waals surface area contributed by atoms with Crippen LogP contribution in [0.15, 0.2) is 12.1 Å². The summed E-state index contributed by atoms with van der Waals surface area (Å²) in [5.74, 6) is -2.76. The van der Waals surface area contributed by atoms with E-state index in [1.165, 1.54) is 5.56 Å². The second-order valence-electron chi connectivity index (χ2n) is 6.23. The van der Waals surface area contributed by atoms with Crippen molar-refractivity contribution in [2.24, 2.45) is 0 Å². The van der Waals surface area contributed by atoms with Crippen LogP contribution in [0.5, 0.6) is 0 Å². The molecule has 0 amide bonds. The minimum Gasteiger partial charge on any atom is -0.312 e. The standard InChI is InChI=1S/C15H21F2N/c1-14(2,3)13-8-11(15(4,16)17)7-10-5-6-18-9-12(10)13/h7-8,18H,5-6,9H2,1-4H3. The van der Waals surface area contributed by atoms with E-state index in [2.05, 4.69) is 26.1 Å². The van der Waals surface area contributed by atoms with Crippen molar-refractivity contribution in [2.45, 2.75) is 52.0 Å². The summed E-state index contributed by atoms with van der Waals surface area (Å²) in [5.41, 5.74) is 3.38. The molecule has 1 aliphatic rings. The molecule has 0 unspecified atom stereocenters. The Labute approximate surface area is 108 Å². The SMILES string of the molecule is CC(C)(C)c1cc(C(C)(F)F)cc2c1CNCC2. The van der Waals surface area contributed by atoms with Gasteiger partial charge in [0.05, 0.1) is 0 Å². The first-order chi connectivity index (χ1) is 8.19. The van der Waals surface area contributed by atoms with E-state index in [1.54, 1.807) is 12.1 Å². The van der Waals surface area contributed by atoms with Gasteiger partial charge in [0.2, 0.25) is 0 Å². The van der Waals surface area contributed by atoms with Gasteiger partial charge in [0, 0.05) is 19.0 Å². The first-order valence-corrected chi connectivity index (χ1v) is 6.45. The highest BCUT2D eigenvalue weighted by atomic mass is 19.3. The number of alkyl halides is 2. The van der Waals surface area contributed by atoms with Crippen LogP contribution >= 0.6 is 0 Å². The smallest absolute Gasteiger partial charge is 0.270 e. The van der Waals surface area contributed by atoms with Gasteiger partial charge in [-0.2, -0.15) is 0 Å². The molecule has 0 atom stereocenters. The third kappa shape index (κ3) is 2.56. The molecule has 0 saturated carbocycles. The molecule has 0 radical (unpaired) electrons. The minimum absolute atomic E-state index is 0.107. The molecular weight excluding hydrogens is 232 g/mol. The van der Waals surface area contributed by atoms with Crippen molar-refractivity contribution < 1.29 is 8.78 Å². The molecule has 1 aliphatic heterocycles. The fraction of sp³-hybridized carbons (Fsp3) is 0.600. The van der Waals surface area contributed by atoms with Gasteiger partial charge in [-0.15, -0.1) is 0 Å². The van der Waals surface area contributed by atoms with Gasteiger partial charge in [0.1, 0.15) is 0 Å². The van der Waals surface area contributed by atoms with Crippen molar-refractivity contribution in [2.75, 3.05) is 6.54 Å². The van der Waals surface area contributed by atoms with E-state index in [1.807, 2.05) is 0 Å². The van der Waals surface area contributed by atoms with Crippen LogP contribution < -0.4 is 5.32 Å². The number of hydrogen-bond acceptors (Lipinski definition) is 1. The van der Waals surface area contributed by atoms with Crippen LogP contribution in [-0.4, -0.2) is 6.54 Å². The van der Waals surface area contributed by atoms with Crippen LogP contribution in [0.2, 0.25) is 0 Å². The highest BCUT2D eigenvalue weighted by Gasteiger charge is 2.30. The first-order valence-electron chi connectivity index (χ1n) is 6.45. The molecule has 18 heavy (non-hydrogen) atoms. The molecule has 0 aromatic heterocycles. The summed E-state index contributed by atoms with van der Waals surface area (Å²) < 4.78 is 27.2. The number of halogens is 2. The van der Waals surface area contributed by atoms with Crippen molar-refractivity contribution >= 4 is 0 Å². The summed E-state index contributed by atoms with van der Waals surface area (Å²) in [7, 11) is 0. The van der Waals surface area contributed by atoms with Crippen LogP contribution in [-0.2, 0) is 24.3 Å². The average Bonchev–Trinajstić information content (AvgIpc) is 2.25. The third-order valence-electron chi connectivity index (χ3n) is 3.53. The van der Waals surface area contributed by atoms with Crippen LogP contribution in [0, 0.1) is 0 Å². The first kappa shape index (κ1) is 13.5. The Balaban J connectivity index is 2.63. The number of fused-ring (bicyclic) bond motifs is 1. The molecule has 0 bridgehead atoms. The highest BCUT2D eigenvalue weighted by molar-refractivity contribution is 5.45. The molecule has 1 N–H and O–H groups in total. The van der Waals surface area contributed by atoms with E-state index >= 15 is 0 Å². The lowest BCUT2D eigenvalue weighted by atomic mass is 9.79. The van der Waals surface area contributed by atoms with Gasteiger partial charge in [0.25, 0.3) is 5.92 Å². The lowest BCUT2D eigenvalue weighted by molar-refractivity contribution is 0.0172. The predicted molar refractivity (Wildman–Crippen MR) is 70.1 cm³/mol. The van der Waals surface area contributed by atoms with Gasteiger partial charge in [-0.3, -0.25) is 0 Å². The number of hydrogen-bond donors (Lipinski definition) is 1. The van der Waals surface area contributed by atoms with E-state index in [9.17, 15) is 8.78 Å². The van der Waals surface area contributed by atoms with E-state index in [-0.39, 0.29) is 11.0 Å². The van der Waals surface area contributed by atoms with Gasteiger partial charge >= 0.3 is 0 Å². The van der Waals surface area contributed by atoms with Gasteiger partial charge in [-0.1, -0.05) is 20.8 Å². The Bertz CT molecular complexity index is 453. The molecule has 3 heteroatoms. The minimum atomic E-state index is -2.76. The van der Waals surface area contributed by atoms with Crippen LogP contribution in [0.25, 0.3) is 0 Å². The van der Waals surface area contributed by atoms with E-state index in [4.69, 9.17) is 0 Å². The van der Waals surface area contributed by atoms with Gasteiger partial charge < -0.3 is 5.32 Å². The van der Waals surface area contributed by atoms with Crippen molar-refractivity contribution in [3.63, 3.8) is 0 Å². The lowest BCUT2D eigenvalue weighted by Gasteiger charge is -2.30. The fourth-order valence-electron chi connectivity index (χ4n) is 2.52. The molecule has 100 valence electrons. The Kier molecular flexibility index (Phi) is 3.22. The summed E-state index contributed by atoms with van der Waals surface area (Å²) >= 11 is 0. The van der Waals surface area contributed by atoms with E-state index in [0.717, 1.165) is 37.6 Å². The quantitative estimate of drug-likeness (QED) is 0.804. The largest absolute Gasteiger partial charge is 0.312 e. The lowest BCUT2D eigenvalue weighted by Crippen LogP contribution is -2.28. The summed E-state index contributed by atoms with van der Waals surface area (Å²) in [6, 6.07) is 3.37. The molecule has 1 heterocycles. The van der Waals surface area contributed by atoms with Crippen molar-refractivity contribution in [1.82, 2.24) is 5.32 Å². The van der Waals surface area contributed by atoms with Crippen LogP contribution in [0.3, 0.4) is 0 Å². The predicted octanol–water partition coefficient (Wildman–Crippen LogP) is 3.74. The molecule has 1 aromatic rings. The molecule has 0 aliphatic carbocycles. The van der Waals surface area contributed by atoms with Crippen LogP contribution in [0.1, 0.15) is 49.9 Å². The Hall–Kier alpha value is -0.960. The average molecular weight is 253 g/mol. The summed E-state index contributed by atoms with van der Waals surface area (Å²) in [5, 5.41) is 3.32. The van der Waals surface area contributed by atoms with Gasteiger partial charge in [-0.05, 0) is 47.2 Å².